The molecular weight excluding hydrogens is 541 g/mol. The lowest BCUT2D eigenvalue weighted by molar-refractivity contribution is -0.138. The number of amides is 2. The van der Waals surface area contributed by atoms with E-state index in [9.17, 15) is 22.8 Å². The van der Waals surface area contributed by atoms with Gasteiger partial charge in [0.05, 0.1) is 16.6 Å². The third kappa shape index (κ3) is 7.24. The van der Waals surface area contributed by atoms with E-state index in [1.54, 1.807) is 12.3 Å². The number of carbonyl (C=O) groups excluding carboxylic acids is 2. The Morgan fingerprint density at radius 2 is 1.82 bits per heavy atom. The highest BCUT2D eigenvalue weighted by molar-refractivity contribution is 7.16. The lowest BCUT2D eigenvalue weighted by Crippen LogP contribution is -2.44. The lowest BCUT2D eigenvalue weighted by atomic mass is 10.0. The van der Waals surface area contributed by atoms with Crippen molar-refractivity contribution in [1.82, 2.24) is 19.8 Å². The number of halogens is 3. The monoisotopic (exact) mass is 568 g/mol. The van der Waals surface area contributed by atoms with Crippen molar-refractivity contribution in [1.29, 1.82) is 0 Å². The summed E-state index contributed by atoms with van der Waals surface area (Å²) in [5.41, 5.74) is -0.245. The maximum absolute atomic E-state index is 13.9. The summed E-state index contributed by atoms with van der Waals surface area (Å²) in [5, 5.41) is 5.82. The molecule has 2 fully saturated rings. The number of carbonyl (C=O) groups is 2. The molecule has 1 aromatic carbocycles. The first kappa shape index (κ1) is 27.8. The second kappa shape index (κ2) is 11.8. The quantitative estimate of drug-likeness (QED) is 0.431. The van der Waals surface area contributed by atoms with Gasteiger partial charge in [0.1, 0.15) is 5.82 Å². The Hall–Kier alpha value is -3.79. The van der Waals surface area contributed by atoms with E-state index in [0.717, 1.165) is 32.0 Å². The van der Waals surface area contributed by atoms with E-state index in [1.807, 2.05) is 11.9 Å². The van der Waals surface area contributed by atoms with E-state index >= 15 is 0 Å². The van der Waals surface area contributed by atoms with Gasteiger partial charge in [-0.15, -0.1) is 0 Å². The van der Waals surface area contributed by atoms with E-state index < -0.39 is 17.6 Å². The molecule has 2 aromatic heterocycles. The van der Waals surface area contributed by atoms with Gasteiger partial charge >= 0.3 is 6.18 Å². The van der Waals surface area contributed by atoms with Crippen LogP contribution in [0.1, 0.15) is 44.8 Å². The molecule has 1 saturated carbocycles. The smallest absolute Gasteiger partial charge is 0.307 e. The molecule has 0 bridgehead atoms. The van der Waals surface area contributed by atoms with E-state index in [-0.39, 0.29) is 35.3 Å². The fraction of sp³-hybridized carbons (Fsp3) is 0.357. The molecule has 1 aliphatic carbocycles. The van der Waals surface area contributed by atoms with Crippen molar-refractivity contribution in [2.24, 2.45) is 5.92 Å². The molecule has 2 aliphatic rings. The SMILES string of the molecule is CN1CCN(Cc2ccc(C(=O)Nc3cc(C#Cc4cnc(NC(=O)C5CC5)s4)ccn3)cc2C(F)(F)F)CC1. The van der Waals surface area contributed by atoms with Crippen molar-refractivity contribution in [3.8, 4) is 11.8 Å². The summed E-state index contributed by atoms with van der Waals surface area (Å²) in [6, 6.07) is 6.86. The Bertz CT molecular complexity index is 1470. The molecule has 2 amide bonds. The molecule has 0 atom stereocenters. The molecule has 0 radical (unpaired) electrons. The van der Waals surface area contributed by atoms with Gasteiger partial charge in [-0.25, -0.2) is 9.97 Å². The summed E-state index contributed by atoms with van der Waals surface area (Å²) >= 11 is 1.25. The molecule has 12 heteroatoms. The Kier molecular flexibility index (Phi) is 8.16. The Labute approximate surface area is 233 Å². The highest BCUT2D eigenvalue weighted by atomic mass is 32.1. The van der Waals surface area contributed by atoms with Crippen molar-refractivity contribution in [2.45, 2.75) is 25.6 Å². The minimum Gasteiger partial charge on any atom is -0.307 e. The van der Waals surface area contributed by atoms with Crippen LogP contribution in [0.3, 0.4) is 0 Å². The number of pyridine rings is 1. The molecule has 208 valence electrons. The van der Waals surface area contributed by atoms with Crippen molar-refractivity contribution >= 4 is 34.1 Å². The van der Waals surface area contributed by atoms with E-state index in [0.29, 0.717) is 28.7 Å². The zero-order chi connectivity index (χ0) is 28.3. The van der Waals surface area contributed by atoms with Crippen LogP contribution in [0.25, 0.3) is 0 Å². The number of thiazole rings is 1. The number of piperazine rings is 1. The van der Waals surface area contributed by atoms with Gasteiger partial charge in [-0.2, -0.15) is 13.2 Å². The molecule has 3 aromatic rings. The van der Waals surface area contributed by atoms with Crippen LogP contribution in [0.2, 0.25) is 0 Å². The van der Waals surface area contributed by atoms with Crippen molar-refractivity contribution < 1.29 is 22.8 Å². The fourth-order valence-corrected chi connectivity index (χ4v) is 4.88. The number of nitrogens with zero attached hydrogens (tertiary/aromatic N) is 4. The van der Waals surface area contributed by atoms with Gasteiger partial charge in [0.25, 0.3) is 5.91 Å². The maximum Gasteiger partial charge on any atom is 0.416 e. The van der Waals surface area contributed by atoms with Crippen LogP contribution in [0, 0.1) is 17.8 Å². The molecule has 2 N–H and O–H groups in total. The third-order valence-corrected chi connectivity index (χ3v) is 7.51. The molecule has 1 saturated heterocycles. The largest absolute Gasteiger partial charge is 0.416 e. The van der Waals surface area contributed by atoms with Crippen molar-refractivity contribution in [3.05, 3.63) is 69.9 Å². The van der Waals surface area contributed by atoms with Crippen LogP contribution in [0.4, 0.5) is 24.1 Å². The molecule has 0 unspecified atom stereocenters. The van der Waals surface area contributed by atoms with E-state index in [4.69, 9.17) is 0 Å². The number of hydrogen-bond acceptors (Lipinski definition) is 7. The predicted molar refractivity (Wildman–Crippen MR) is 146 cm³/mol. The zero-order valence-electron chi connectivity index (χ0n) is 21.7. The van der Waals surface area contributed by atoms with Crippen LogP contribution in [-0.2, 0) is 17.5 Å². The summed E-state index contributed by atoms with van der Waals surface area (Å²) in [4.78, 5) is 37.8. The maximum atomic E-state index is 13.9. The van der Waals surface area contributed by atoms with Crippen LogP contribution in [0.5, 0.6) is 0 Å². The Balaban J connectivity index is 1.25. The second-order valence-electron chi connectivity index (χ2n) is 9.88. The average molecular weight is 569 g/mol. The standard InChI is InChI=1S/C28H27F3N6O2S/c1-36-10-12-37(13-11-36)17-21-6-5-20(15-23(21)28(29,30)31)26(39)34-24-14-18(8-9-32-24)2-7-22-16-33-27(40-22)35-25(38)19-3-4-19/h5-6,8-9,14-16,19H,3-4,10-13,17H2,1H3,(H,32,34,39)(H,33,35,38). The Morgan fingerprint density at radius 3 is 2.55 bits per heavy atom. The van der Waals surface area contributed by atoms with Gasteiger partial charge in [-0.1, -0.05) is 23.3 Å². The molecular formula is C28H27F3N6O2S. The highest BCUT2D eigenvalue weighted by Gasteiger charge is 2.35. The first-order valence-corrected chi connectivity index (χ1v) is 13.6. The van der Waals surface area contributed by atoms with E-state index in [1.165, 1.54) is 35.7 Å². The number of likely N-dealkylation sites (N-methyl/N-ethyl adjacent to an activating group) is 1. The number of rotatable bonds is 6. The topological polar surface area (TPSA) is 90.5 Å². The van der Waals surface area contributed by atoms with Gasteiger partial charge in [-0.3, -0.25) is 14.5 Å². The fourth-order valence-electron chi connectivity index (χ4n) is 4.21. The summed E-state index contributed by atoms with van der Waals surface area (Å²) < 4.78 is 41.7. The van der Waals surface area contributed by atoms with Crippen LogP contribution >= 0.6 is 11.3 Å². The minimum absolute atomic E-state index is 0.0320. The van der Waals surface area contributed by atoms with Gasteiger partial charge in [0.15, 0.2) is 5.13 Å². The highest BCUT2D eigenvalue weighted by Crippen LogP contribution is 2.34. The van der Waals surface area contributed by atoms with Crippen LogP contribution in [0.15, 0.2) is 42.7 Å². The first-order chi connectivity index (χ1) is 19.1. The van der Waals surface area contributed by atoms with Gasteiger partial charge in [0.2, 0.25) is 5.91 Å². The second-order valence-corrected chi connectivity index (χ2v) is 10.9. The molecule has 5 rings (SSSR count). The number of nitrogens with one attached hydrogen (secondary N) is 2. The molecule has 3 heterocycles. The number of anilines is 2. The van der Waals surface area contributed by atoms with Gasteiger partial charge in [0, 0.05) is 56.0 Å². The number of aromatic nitrogens is 2. The van der Waals surface area contributed by atoms with Crippen LogP contribution in [-0.4, -0.2) is 64.8 Å². The third-order valence-electron chi connectivity index (χ3n) is 6.68. The lowest BCUT2D eigenvalue weighted by Gasteiger charge is -2.33. The zero-order valence-corrected chi connectivity index (χ0v) is 22.5. The normalized spacial score (nSPS) is 16.2. The van der Waals surface area contributed by atoms with Crippen molar-refractivity contribution in [3.63, 3.8) is 0 Å². The number of benzene rings is 1. The molecule has 1 aliphatic heterocycles. The summed E-state index contributed by atoms with van der Waals surface area (Å²) in [6.45, 7) is 3.12. The first-order valence-electron chi connectivity index (χ1n) is 12.8. The van der Waals surface area contributed by atoms with Crippen LogP contribution < -0.4 is 10.6 Å². The van der Waals surface area contributed by atoms with Crippen molar-refractivity contribution in [2.75, 3.05) is 43.9 Å². The molecule has 8 nitrogen and oxygen atoms in total. The summed E-state index contributed by atoms with van der Waals surface area (Å²) in [5.74, 6) is 5.42. The molecule has 0 spiro atoms. The minimum atomic E-state index is -4.59. The summed E-state index contributed by atoms with van der Waals surface area (Å²) in [7, 11) is 1.98. The Morgan fingerprint density at radius 1 is 1.05 bits per heavy atom. The predicted octanol–water partition coefficient (Wildman–Crippen LogP) is 4.30. The molecule has 40 heavy (non-hydrogen) atoms. The number of alkyl halides is 3. The average Bonchev–Trinajstić information content (AvgIpc) is 3.68. The van der Waals surface area contributed by atoms with Gasteiger partial charge < -0.3 is 15.5 Å². The summed E-state index contributed by atoms with van der Waals surface area (Å²) in [6.07, 6.45) is 0.222. The van der Waals surface area contributed by atoms with Gasteiger partial charge in [-0.05, 0) is 55.6 Å². The number of hydrogen-bond donors (Lipinski definition) is 2. The van der Waals surface area contributed by atoms with E-state index in [2.05, 4.69) is 37.3 Å².